The molecule has 0 bridgehead atoms. The first-order valence-electron chi connectivity index (χ1n) is 5.84. The normalized spacial score (nSPS) is 12.3. The summed E-state index contributed by atoms with van der Waals surface area (Å²) in [7, 11) is -3.65. The molecule has 1 aromatic rings. The van der Waals surface area contributed by atoms with E-state index < -0.39 is 15.8 Å². The Balaban J connectivity index is 3.14. The standard InChI is InChI=1S/C12H19FN2O2S/c1-4-15(8-9(2)3)18(16,17)10-5-6-12(14)11(13)7-10/h5-7,9H,4,8,14H2,1-3H3. The second-order valence-electron chi connectivity index (χ2n) is 4.53. The van der Waals surface area contributed by atoms with Crippen LogP contribution in [0.4, 0.5) is 10.1 Å². The molecule has 6 heteroatoms. The van der Waals surface area contributed by atoms with Crippen LogP contribution in [0.2, 0.25) is 0 Å². The monoisotopic (exact) mass is 274 g/mol. The second-order valence-corrected chi connectivity index (χ2v) is 6.47. The molecule has 0 spiro atoms. The van der Waals surface area contributed by atoms with Crippen LogP contribution < -0.4 is 5.73 Å². The Hall–Kier alpha value is -1.14. The van der Waals surface area contributed by atoms with Gasteiger partial charge < -0.3 is 5.73 Å². The van der Waals surface area contributed by atoms with Crippen molar-refractivity contribution >= 4 is 15.7 Å². The molecule has 0 aromatic heterocycles. The quantitative estimate of drug-likeness (QED) is 0.836. The number of sulfonamides is 1. The van der Waals surface area contributed by atoms with Gasteiger partial charge in [0.2, 0.25) is 10.0 Å². The van der Waals surface area contributed by atoms with Crippen LogP contribution in [0.5, 0.6) is 0 Å². The Bertz CT molecular complexity index is 515. The number of anilines is 1. The van der Waals surface area contributed by atoms with Gasteiger partial charge in [0.05, 0.1) is 10.6 Å². The summed E-state index contributed by atoms with van der Waals surface area (Å²) in [5.74, 6) is -0.505. The van der Waals surface area contributed by atoms with Crippen LogP contribution >= 0.6 is 0 Å². The summed E-state index contributed by atoms with van der Waals surface area (Å²) < 4.78 is 39.2. The van der Waals surface area contributed by atoms with Gasteiger partial charge in [0.25, 0.3) is 0 Å². The molecule has 0 atom stereocenters. The zero-order valence-electron chi connectivity index (χ0n) is 10.9. The van der Waals surface area contributed by atoms with Gasteiger partial charge >= 0.3 is 0 Å². The van der Waals surface area contributed by atoms with Gasteiger partial charge in [-0.05, 0) is 24.1 Å². The second kappa shape index (κ2) is 5.67. The molecule has 1 aromatic carbocycles. The third-order valence-electron chi connectivity index (χ3n) is 2.53. The van der Waals surface area contributed by atoms with Gasteiger partial charge in [-0.3, -0.25) is 0 Å². The van der Waals surface area contributed by atoms with Crippen molar-refractivity contribution in [1.29, 1.82) is 0 Å². The van der Waals surface area contributed by atoms with Crippen LogP contribution in [-0.2, 0) is 10.0 Å². The van der Waals surface area contributed by atoms with E-state index in [2.05, 4.69) is 0 Å². The Morgan fingerprint density at radius 1 is 1.39 bits per heavy atom. The highest BCUT2D eigenvalue weighted by molar-refractivity contribution is 7.89. The van der Waals surface area contributed by atoms with Gasteiger partial charge in [-0.25, -0.2) is 12.8 Å². The Labute approximate surface area is 108 Å². The van der Waals surface area contributed by atoms with Gasteiger partial charge in [-0.2, -0.15) is 4.31 Å². The van der Waals surface area contributed by atoms with Gasteiger partial charge in [0.1, 0.15) is 5.82 Å². The van der Waals surface area contributed by atoms with E-state index in [9.17, 15) is 12.8 Å². The highest BCUT2D eigenvalue weighted by Crippen LogP contribution is 2.20. The van der Waals surface area contributed by atoms with Crippen molar-refractivity contribution in [1.82, 2.24) is 4.31 Å². The average Bonchev–Trinajstić information content (AvgIpc) is 2.28. The smallest absolute Gasteiger partial charge is 0.243 e. The van der Waals surface area contributed by atoms with Gasteiger partial charge in [0, 0.05) is 13.1 Å². The minimum atomic E-state index is -3.65. The Morgan fingerprint density at radius 3 is 2.44 bits per heavy atom. The highest BCUT2D eigenvalue weighted by atomic mass is 32.2. The fourth-order valence-corrected chi connectivity index (χ4v) is 3.25. The van der Waals surface area contributed by atoms with Crippen LogP contribution in [0.3, 0.4) is 0 Å². The predicted molar refractivity (Wildman–Crippen MR) is 70.1 cm³/mol. The molecule has 0 heterocycles. The van der Waals surface area contributed by atoms with Crippen LogP contribution in [0, 0.1) is 11.7 Å². The Morgan fingerprint density at radius 2 is 2.00 bits per heavy atom. The van der Waals surface area contributed by atoms with E-state index in [0.717, 1.165) is 6.07 Å². The topological polar surface area (TPSA) is 63.4 Å². The molecule has 4 nitrogen and oxygen atoms in total. The lowest BCUT2D eigenvalue weighted by Crippen LogP contribution is -2.34. The van der Waals surface area contributed by atoms with Gasteiger partial charge in [0.15, 0.2) is 0 Å². The number of benzene rings is 1. The number of nitrogens with zero attached hydrogens (tertiary/aromatic N) is 1. The highest BCUT2D eigenvalue weighted by Gasteiger charge is 2.24. The van der Waals surface area contributed by atoms with Gasteiger partial charge in [-0.1, -0.05) is 20.8 Å². The molecular weight excluding hydrogens is 255 g/mol. The van der Waals surface area contributed by atoms with Crippen LogP contribution in [0.15, 0.2) is 23.1 Å². The first-order valence-corrected chi connectivity index (χ1v) is 7.28. The number of hydrogen-bond donors (Lipinski definition) is 1. The molecule has 0 amide bonds. The van der Waals surface area contributed by atoms with Crippen molar-refractivity contribution in [3.63, 3.8) is 0 Å². The summed E-state index contributed by atoms with van der Waals surface area (Å²) in [6, 6.07) is 3.57. The first-order chi connectivity index (χ1) is 8.28. The summed E-state index contributed by atoms with van der Waals surface area (Å²) in [5, 5.41) is 0. The van der Waals surface area contributed by atoms with E-state index in [4.69, 9.17) is 5.73 Å². The van der Waals surface area contributed by atoms with E-state index in [1.54, 1.807) is 6.92 Å². The summed E-state index contributed by atoms with van der Waals surface area (Å²) in [6.07, 6.45) is 0. The number of halogens is 1. The molecule has 0 saturated carbocycles. The lowest BCUT2D eigenvalue weighted by molar-refractivity contribution is 0.380. The van der Waals surface area contributed by atoms with Gasteiger partial charge in [-0.15, -0.1) is 0 Å². The zero-order chi connectivity index (χ0) is 13.9. The molecule has 102 valence electrons. The first kappa shape index (κ1) is 14.9. The SMILES string of the molecule is CCN(CC(C)C)S(=O)(=O)c1ccc(N)c(F)c1. The summed E-state index contributed by atoms with van der Waals surface area (Å²) >= 11 is 0. The maximum Gasteiger partial charge on any atom is 0.243 e. The molecule has 1 rings (SSSR count). The van der Waals surface area contributed by atoms with Crippen molar-refractivity contribution in [3.05, 3.63) is 24.0 Å². The minimum Gasteiger partial charge on any atom is -0.396 e. The third-order valence-corrected chi connectivity index (χ3v) is 4.47. The lowest BCUT2D eigenvalue weighted by atomic mass is 10.2. The fraction of sp³-hybridized carbons (Fsp3) is 0.500. The molecule has 0 saturated heterocycles. The number of nitrogen functional groups attached to an aromatic ring is 1. The van der Waals surface area contributed by atoms with Crippen LogP contribution in [-0.4, -0.2) is 25.8 Å². The molecule has 18 heavy (non-hydrogen) atoms. The summed E-state index contributed by atoms with van der Waals surface area (Å²) in [6.45, 7) is 6.38. The number of hydrogen-bond acceptors (Lipinski definition) is 3. The Kier molecular flexibility index (Phi) is 4.70. The molecule has 0 radical (unpaired) electrons. The molecule has 2 N–H and O–H groups in total. The van der Waals surface area contributed by atoms with Crippen molar-refractivity contribution in [3.8, 4) is 0 Å². The zero-order valence-corrected chi connectivity index (χ0v) is 11.7. The molecule has 0 aliphatic rings. The van der Waals surface area contributed by atoms with Crippen molar-refractivity contribution in [2.45, 2.75) is 25.7 Å². The number of rotatable bonds is 5. The molecule has 0 fully saturated rings. The van der Waals surface area contributed by atoms with Crippen LogP contribution in [0.1, 0.15) is 20.8 Å². The molecule has 0 aliphatic carbocycles. The third kappa shape index (κ3) is 3.20. The van der Waals surface area contributed by atoms with Crippen molar-refractivity contribution in [2.75, 3.05) is 18.8 Å². The average molecular weight is 274 g/mol. The van der Waals surface area contributed by atoms with E-state index in [-0.39, 0.29) is 16.5 Å². The van der Waals surface area contributed by atoms with Crippen LogP contribution in [0.25, 0.3) is 0 Å². The maximum atomic E-state index is 13.3. The van der Waals surface area contributed by atoms with Crippen molar-refractivity contribution < 1.29 is 12.8 Å². The van der Waals surface area contributed by atoms with E-state index in [1.165, 1.54) is 16.4 Å². The fourth-order valence-electron chi connectivity index (χ4n) is 1.62. The largest absolute Gasteiger partial charge is 0.396 e. The number of nitrogens with two attached hydrogens (primary N) is 1. The maximum absolute atomic E-state index is 13.3. The summed E-state index contributed by atoms with van der Waals surface area (Å²) in [4.78, 5) is -0.0586. The van der Waals surface area contributed by atoms with E-state index in [1.807, 2.05) is 13.8 Å². The molecule has 0 unspecified atom stereocenters. The van der Waals surface area contributed by atoms with E-state index >= 15 is 0 Å². The lowest BCUT2D eigenvalue weighted by Gasteiger charge is -2.22. The van der Waals surface area contributed by atoms with E-state index in [0.29, 0.717) is 13.1 Å². The van der Waals surface area contributed by atoms with Crippen molar-refractivity contribution in [2.24, 2.45) is 5.92 Å². The molecule has 0 aliphatic heterocycles. The predicted octanol–water partition coefficient (Wildman–Crippen LogP) is 2.07. The molecular formula is C12H19FN2O2S. The summed E-state index contributed by atoms with van der Waals surface area (Å²) in [5.41, 5.74) is 5.28. The minimum absolute atomic E-state index is 0.0548.